The highest BCUT2D eigenvalue weighted by molar-refractivity contribution is 7.15. The fraction of sp³-hybridized carbons (Fsp3) is 0.250. The minimum atomic E-state index is -0.486. The van der Waals surface area contributed by atoms with Gasteiger partial charge in [0, 0.05) is 10.9 Å². The van der Waals surface area contributed by atoms with E-state index < -0.39 is 5.97 Å². The van der Waals surface area contributed by atoms with Crippen LogP contribution in [0, 0.1) is 13.8 Å². The summed E-state index contributed by atoms with van der Waals surface area (Å²) in [6, 6.07) is 13.2. The second kappa shape index (κ2) is 10.1. The van der Waals surface area contributed by atoms with Gasteiger partial charge in [0.15, 0.2) is 6.61 Å². The van der Waals surface area contributed by atoms with Gasteiger partial charge in [-0.2, -0.15) is 0 Å². The predicted molar refractivity (Wildman–Crippen MR) is 122 cm³/mol. The average Bonchev–Trinajstić information content (AvgIpc) is 3.18. The Labute approximate surface area is 185 Å². The number of ether oxygens (including phenoxy) is 3. The topological polar surface area (TPSA) is 73.9 Å². The number of carbonyl (C=O) groups is 2. The van der Waals surface area contributed by atoms with Gasteiger partial charge in [-0.05, 0) is 55.7 Å². The van der Waals surface area contributed by atoms with E-state index in [1.54, 1.807) is 14.0 Å². The summed E-state index contributed by atoms with van der Waals surface area (Å²) in [5, 5.41) is 5.05. The lowest BCUT2D eigenvalue weighted by atomic mass is 10.0. The molecule has 0 aliphatic heterocycles. The molecule has 1 heterocycles. The summed E-state index contributed by atoms with van der Waals surface area (Å²) >= 11 is 1.27. The molecule has 1 N–H and O–H groups in total. The van der Waals surface area contributed by atoms with Gasteiger partial charge in [-0.15, -0.1) is 11.3 Å². The zero-order chi connectivity index (χ0) is 22.4. The van der Waals surface area contributed by atoms with Crippen molar-refractivity contribution in [3.63, 3.8) is 0 Å². The smallest absolute Gasteiger partial charge is 0.341 e. The highest BCUT2D eigenvalue weighted by atomic mass is 32.1. The van der Waals surface area contributed by atoms with Crippen LogP contribution in [0.15, 0.2) is 47.8 Å². The van der Waals surface area contributed by atoms with Crippen molar-refractivity contribution in [2.45, 2.75) is 20.8 Å². The highest BCUT2D eigenvalue weighted by Gasteiger charge is 2.23. The normalized spacial score (nSPS) is 10.5. The first-order valence-electron chi connectivity index (χ1n) is 9.85. The Morgan fingerprint density at radius 1 is 1.06 bits per heavy atom. The Kier molecular flexibility index (Phi) is 7.31. The van der Waals surface area contributed by atoms with E-state index in [1.165, 1.54) is 11.3 Å². The molecule has 0 saturated carbocycles. The minimum absolute atomic E-state index is 0.164. The van der Waals surface area contributed by atoms with Crippen molar-refractivity contribution in [2.75, 3.05) is 25.6 Å². The molecule has 0 atom stereocenters. The lowest BCUT2D eigenvalue weighted by Crippen LogP contribution is -2.21. The second-order valence-corrected chi connectivity index (χ2v) is 7.79. The van der Waals surface area contributed by atoms with E-state index in [-0.39, 0.29) is 19.1 Å². The number of carbonyl (C=O) groups excluding carboxylic acids is 2. The Morgan fingerprint density at radius 3 is 2.48 bits per heavy atom. The highest BCUT2D eigenvalue weighted by Crippen LogP contribution is 2.37. The lowest BCUT2D eigenvalue weighted by molar-refractivity contribution is -0.118. The number of anilines is 1. The van der Waals surface area contributed by atoms with E-state index in [4.69, 9.17) is 14.2 Å². The Bertz CT molecular complexity index is 1070. The number of rotatable bonds is 8. The third-order valence-corrected chi connectivity index (χ3v) is 5.52. The molecule has 0 bridgehead atoms. The van der Waals surface area contributed by atoms with Crippen LogP contribution < -0.4 is 14.8 Å². The molecule has 0 aliphatic carbocycles. The standard InChI is InChI=1S/C24H25NO5S/c1-5-29-24(27)22-19(17-8-10-18(28-4)11-9-17)14-31-23(22)25-21(26)13-30-20-12-15(2)6-7-16(20)3/h6-12,14H,5,13H2,1-4H3,(H,25,26). The van der Waals surface area contributed by atoms with Gasteiger partial charge in [-0.1, -0.05) is 24.3 Å². The minimum Gasteiger partial charge on any atom is -0.497 e. The largest absolute Gasteiger partial charge is 0.497 e. The maximum absolute atomic E-state index is 12.7. The summed E-state index contributed by atoms with van der Waals surface area (Å²) in [5.74, 6) is 0.537. The summed E-state index contributed by atoms with van der Waals surface area (Å²) < 4.78 is 16.1. The summed E-state index contributed by atoms with van der Waals surface area (Å²) in [5.41, 5.74) is 3.85. The van der Waals surface area contributed by atoms with E-state index in [0.717, 1.165) is 16.7 Å². The molecule has 0 radical (unpaired) electrons. The van der Waals surface area contributed by atoms with Crippen molar-refractivity contribution >= 4 is 28.2 Å². The van der Waals surface area contributed by atoms with E-state index >= 15 is 0 Å². The number of hydrogen-bond donors (Lipinski definition) is 1. The molecule has 3 rings (SSSR count). The molecule has 1 aromatic heterocycles. The maximum Gasteiger partial charge on any atom is 0.341 e. The molecule has 0 unspecified atom stereocenters. The van der Waals surface area contributed by atoms with Crippen LogP contribution in [0.4, 0.5) is 5.00 Å². The van der Waals surface area contributed by atoms with Gasteiger partial charge in [0.25, 0.3) is 5.91 Å². The third kappa shape index (κ3) is 5.44. The quantitative estimate of drug-likeness (QED) is 0.486. The van der Waals surface area contributed by atoms with Gasteiger partial charge in [-0.25, -0.2) is 4.79 Å². The van der Waals surface area contributed by atoms with Crippen LogP contribution in [-0.4, -0.2) is 32.2 Å². The number of nitrogens with one attached hydrogen (secondary N) is 1. The molecule has 7 heteroatoms. The number of thiophene rings is 1. The molecule has 0 aliphatic rings. The van der Waals surface area contributed by atoms with Gasteiger partial charge in [0.05, 0.1) is 13.7 Å². The van der Waals surface area contributed by atoms with Crippen LogP contribution >= 0.6 is 11.3 Å². The van der Waals surface area contributed by atoms with Gasteiger partial charge < -0.3 is 19.5 Å². The number of methoxy groups -OCH3 is 1. The van der Waals surface area contributed by atoms with Crippen LogP contribution in [0.25, 0.3) is 11.1 Å². The summed E-state index contributed by atoms with van der Waals surface area (Å²) in [7, 11) is 1.59. The molecule has 6 nitrogen and oxygen atoms in total. The molecule has 31 heavy (non-hydrogen) atoms. The molecule has 3 aromatic rings. The van der Waals surface area contributed by atoms with Crippen LogP contribution in [0.3, 0.4) is 0 Å². The van der Waals surface area contributed by atoms with E-state index in [9.17, 15) is 9.59 Å². The van der Waals surface area contributed by atoms with Gasteiger partial charge >= 0.3 is 5.97 Å². The van der Waals surface area contributed by atoms with Crippen LogP contribution in [0.5, 0.6) is 11.5 Å². The first-order chi connectivity index (χ1) is 14.9. The molecule has 0 saturated heterocycles. The molecule has 2 aromatic carbocycles. The summed E-state index contributed by atoms with van der Waals surface area (Å²) in [4.78, 5) is 25.2. The fourth-order valence-electron chi connectivity index (χ4n) is 3.01. The van der Waals surface area contributed by atoms with Crippen LogP contribution in [0.2, 0.25) is 0 Å². The van der Waals surface area contributed by atoms with Crippen LogP contribution in [-0.2, 0) is 9.53 Å². The Morgan fingerprint density at radius 2 is 1.81 bits per heavy atom. The van der Waals surface area contributed by atoms with Crippen molar-refractivity contribution in [3.8, 4) is 22.6 Å². The fourth-order valence-corrected chi connectivity index (χ4v) is 3.98. The zero-order valence-corrected chi connectivity index (χ0v) is 18.8. The van der Waals surface area contributed by atoms with Crippen molar-refractivity contribution in [3.05, 3.63) is 64.5 Å². The van der Waals surface area contributed by atoms with Crippen molar-refractivity contribution in [2.24, 2.45) is 0 Å². The van der Waals surface area contributed by atoms with E-state index in [1.807, 2.05) is 61.7 Å². The van der Waals surface area contributed by atoms with E-state index in [0.29, 0.717) is 27.6 Å². The van der Waals surface area contributed by atoms with Gasteiger partial charge in [0.2, 0.25) is 0 Å². The SMILES string of the molecule is CCOC(=O)c1c(-c2ccc(OC)cc2)csc1NC(=O)COc1cc(C)ccc1C. The Balaban J connectivity index is 1.81. The zero-order valence-electron chi connectivity index (χ0n) is 18.0. The van der Waals surface area contributed by atoms with E-state index in [2.05, 4.69) is 5.32 Å². The molecule has 162 valence electrons. The van der Waals surface area contributed by atoms with Gasteiger partial charge in [0.1, 0.15) is 22.1 Å². The Hall–Kier alpha value is -3.32. The average molecular weight is 440 g/mol. The number of aryl methyl sites for hydroxylation is 2. The number of amides is 1. The number of hydrogen-bond acceptors (Lipinski definition) is 6. The summed E-state index contributed by atoms with van der Waals surface area (Å²) in [6.45, 7) is 5.70. The molecular formula is C24H25NO5S. The maximum atomic E-state index is 12.7. The number of benzene rings is 2. The predicted octanol–water partition coefficient (Wildman–Crippen LogP) is 5.23. The summed E-state index contributed by atoms with van der Waals surface area (Å²) in [6.07, 6.45) is 0. The lowest BCUT2D eigenvalue weighted by Gasteiger charge is -2.11. The first-order valence-corrected chi connectivity index (χ1v) is 10.7. The molecule has 1 amide bonds. The number of esters is 1. The van der Waals surface area contributed by atoms with Crippen LogP contribution in [0.1, 0.15) is 28.4 Å². The van der Waals surface area contributed by atoms with Crippen molar-refractivity contribution in [1.29, 1.82) is 0 Å². The second-order valence-electron chi connectivity index (χ2n) is 6.91. The molecule has 0 fully saturated rings. The molecular weight excluding hydrogens is 414 g/mol. The van der Waals surface area contributed by atoms with Gasteiger partial charge in [-0.3, -0.25) is 4.79 Å². The third-order valence-electron chi connectivity index (χ3n) is 4.63. The van der Waals surface area contributed by atoms with Crippen molar-refractivity contribution in [1.82, 2.24) is 0 Å². The molecule has 0 spiro atoms. The monoisotopic (exact) mass is 439 g/mol. The first kappa shape index (κ1) is 22.4. The van der Waals surface area contributed by atoms with Crippen molar-refractivity contribution < 1.29 is 23.8 Å².